The predicted molar refractivity (Wildman–Crippen MR) is 105 cm³/mol. The summed E-state index contributed by atoms with van der Waals surface area (Å²) in [5, 5.41) is 7.68. The average molecular weight is 339 g/mol. The van der Waals surface area contributed by atoms with E-state index in [0.29, 0.717) is 6.54 Å². The molecule has 1 N–H and O–H groups in total. The van der Waals surface area contributed by atoms with Crippen LogP contribution in [0.2, 0.25) is 0 Å². The minimum atomic E-state index is 0.658. The first-order valence-electron chi connectivity index (χ1n) is 8.89. The largest absolute Gasteiger partial charge is 0.357 e. The lowest BCUT2D eigenvalue weighted by Gasteiger charge is -2.22. The maximum absolute atomic E-state index is 4.83. The lowest BCUT2D eigenvalue weighted by molar-refractivity contribution is 0.470. The van der Waals surface area contributed by atoms with E-state index in [4.69, 9.17) is 4.99 Å². The van der Waals surface area contributed by atoms with Crippen LogP contribution in [0.1, 0.15) is 30.9 Å². The standard InChI is InChI=1S/C20H29N5/c1-4-6-9-14-24(3)20(21-5-2)22-16-18-11-7-8-12-19(18)17-25-15-10-13-23-25/h4,7-8,10-13,15H,1,5-6,9,14,16-17H2,2-3H3,(H,21,22). The molecule has 5 heteroatoms. The Labute approximate surface area is 151 Å². The summed E-state index contributed by atoms with van der Waals surface area (Å²) in [7, 11) is 2.08. The first-order valence-corrected chi connectivity index (χ1v) is 8.89. The third-order valence-corrected chi connectivity index (χ3v) is 4.01. The molecule has 134 valence electrons. The van der Waals surface area contributed by atoms with Crippen molar-refractivity contribution < 1.29 is 0 Å². The molecule has 2 rings (SSSR count). The Morgan fingerprint density at radius 3 is 2.80 bits per heavy atom. The van der Waals surface area contributed by atoms with Crippen molar-refractivity contribution in [3.63, 3.8) is 0 Å². The van der Waals surface area contributed by atoms with Crippen LogP contribution in [0.25, 0.3) is 0 Å². The van der Waals surface area contributed by atoms with E-state index in [1.54, 1.807) is 0 Å². The minimum absolute atomic E-state index is 0.658. The number of nitrogens with one attached hydrogen (secondary N) is 1. The van der Waals surface area contributed by atoms with E-state index in [2.05, 4.69) is 60.1 Å². The molecule has 0 saturated carbocycles. The van der Waals surface area contributed by atoms with Crippen LogP contribution < -0.4 is 5.32 Å². The van der Waals surface area contributed by atoms with Crippen molar-refractivity contribution in [2.75, 3.05) is 20.1 Å². The number of guanidine groups is 1. The molecule has 5 nitrogen and oxygen atoms in total. The second-order valence-electron chi connectivity index (χ2n) is 5.99. The van der Waals surface area contributed by atoms with Crippen LogP contribution in [-0.4, -0.2) is 40.8 Å². The Bertz CT molecular complexity index is 660. The van der Waals surface area contributed by atoms with Crippen LogP contribution in [-0.2, 0) is 13.1 Å². The van der Waals surface area contributed by atoms with Crippen LogP contribution in [0.4, 0.5) is 0 Å². The first-order chi connectivity index (χ1) is 12.2. The summed E-state index contributed by atoms with van der Waals surface area (Å²) < 4.78 is 1.94. The molecule has 0 fully saturated rings. The lowest BCUT2D eigenvalue weighted by atomic mass is 10.1. The summed E-state index contributed by atoms with van der Waals surface area (Å²) in [6.07, 6.45) is 7.86. The zero-order chi connectivity index (χ0) is 17.9. The van der Waals surface area contributed by atoms with Gasteiger partial charge in [0.25, 0.3) is 0 Å². The van der Waals surface area contributed by atoms with Gasteiger partial charge in [-0.1, -0.05) is 30.3 Å². The fraction of sp³-hybridized carbons (Fsp3) is 0.400. The second kappa shape index (κ2) is 10.3. The highest BCUT2D eigenvalue weighted by Crippen LogP contribution is 2.12. The quantitative estimate of drug-likeness (QED) is 0.330. The molecule has 2 aromatic rings. The van der Waals surface area contributed by atoms with Gasteiger partial charge >= 0.3 is 0 Å². The molecule has 0 unspecified atom stereocenters. The smallest absolute Gasteiger partial charge is 0.193 e. The molecule has 1 heterocycles. The molecule has 0 amide bonds. The Morgan fingerprint density at radius 2 is 2.12 bits per heavy atom. The first kappa shape index (κ1) is 18.8. The van der Waals surface area contributed by atoms with Crippen LogP contribution in [0.15, 0.2) is 60.4 Å². The van der Waals surface area contributed by atoms with E-state index in [-0.39, 0.29) is 0 Å². The molecule has 25 heavy (non-hydrogen) atoms. The van der Waals surface area contributed by atoms with Crippen molar-refractivity contribution in [2.45, 2.75) is 32.9 Å². The molecule has 0 spiro atoms. The van der Waals surface area contributed by atoms with Crippen LogP contribution in [0.5, 0.6) is 0 Å². The summed E-state index contributed by atoms with van der Waals surface area (Å²) in [5.74, 6) is 0.945. The van der Waals surface area contributed by atoms with Gasteiger partial charge in [-0.05, 0) is 37.0 Å². The van der Waals surface area contributed by atoms with Crippen molar-refractivity contribution in [3.05, 3.63) is 66.5 Å². The highest BCUT2D eigenvalue weighted by molar-refractivity contribution is 5.79. The van der Waals surface area contributed by atoms with E-state index in [0.717, 1.165) is 38.4 Å². The van der Waals surface area contributed by atoms with Crippen LogP contribution >= 0.6 is 0 Å². The van der Waals surface area contributed by atoms with Crippen LogP contribution in [0, 0.1) is 0 Å². The van der Waals surface area contributed by atoms with Gasteiger partial charge < -0.3 is 10.2 Å². The average Bonchev–Trinajstić information content (AvgIpc) is 3.13. The van der Waals surface area contributed by atoms with Gasteiger partial charge in [0.05, 0.1) is 13.1 Å². The second-order valence-corrected chi connectivity index (χ2v) is 5.99. The predicted octanol–water partition coefficient (Wildman–Crippen LogP) is 3.29. The molecule has 1 aromatic heterocycles. The van der Waals surface area contributed by atoms with Crippen molar-refractivity contribution >= 4 is 5.96 Å². The molecule has 0 aliphatic rings. The lowest BCUT2D eigenvalue weighted by Crippen LogP contribution is -2.39. The molecular formula is C20H29N5. The Balaban J connectivity index is 2.07. The van der Waals surface area contributed by atoms with E-state index < -0.39 is 0 Å². The number of rotatable bonds is 9. The highest BCUT2D eigenvalue weighted by atomic mass is 15.3. The number of aliphatic imine (C=N–C) groups is 1. The number of aromatic nitrogens is 2. The fourth-order valence-corrected chi connectivity index (χ4v) is 2.64. The molecular weight excluding hydrogens is 310 g/mol. The van der Waals surface area contributed by atoms with E-state index >= 15 is 0 Å². The van der Waals surface area contributed by atoms with Gasteiger partial charge in [-0.25, -0.2) is 4.99 Å². The third-order valence-electron chi connectivity index (χ3n) is 4.01. The van der Waals surface area contributed by atoms with E-state index in [1.165, 1.54) is 11.1 Å². The molecule has 0 atom stereocenters. The van der Waals surface area contributed by atoms with E-state index in [9.17, 15) is 0 Å². The van der Waals surface area contributed by atoms with Gasteiger partial charge in [-0.15, -0.1) is 6.58 Å². The zero-order valence-corrected chi connectivity index (χ0v) is 15.4. The van der Waals surface area contributed by atoms with Crippen LogP contribution in [0.3, 0.4) is 0 Å². The molecule has 1 aromatic carbocycles. The van der Waals surface area contributed by atoms with Gasteiger partial charge in [0.2, 0.25) is 0 Å². The fourth-order valence-electron chi connectivity index (χ4n) is 2.64. The third kappa shape index (κ3) is 6.10. The normalized spacial score (nSPS) is 11.4. The molecule has 0 aliphatic heterocycles. The highest BCUT2D eigenvalue weighted by Gasteiger charge is 2.07. The number of hydrogen-bond donors (Lipinski definition) is 1. The zero-order valence-electron chi connectivity index (χ0n) is 15.4. The van der Waals surface area contributed by atoms with Gasteiger partial charge in [-0.3, -0.25) is 4.68 Å². The summed E-state index contributed by atoms with van der Waals surface area (Å²) in [4.78, 5) is 7.01. The number of allylic oxidation sites excluding steroid dienone is 1. The molecule has 0 radical (unpaired) electrons. The number of unbranched alkanes of at least 4 members (excludes halogenated alkanes) is 1. The molecule has 0 bridgehead atoms. The maximum atomic E-state index is 4.83. The molecule has 0 saturated heterocycles. The SMILES string of the molecule is C=CCCCN(C)C(=NCc1ccccc1Cn1cccn1)NCC. The summed E-state index contributed by atoms with van der Waals surface area (Å²) in [6.45, 7) is 9.13. The van der Waals surface area contributed by atoms with Crippen molar-refractivity contribution in [3.8, 4) is 0 Å². The van der Waals surface area contributed by atoms with Gasteiger partial charge in [0.1, 0.15) is 0 Å². The van der Waals surface area contributed by atoms with E-state index in [1.807, 2.05) is 29.2 Å². The summed E-state index contributed by atoms with van der Waals surface area (Å²) in [5.41, 5.74) is 2.48. The van der Waals surface area contributed by atoms with Gasteiger partial charge in [-0.2, -0.15) is 5.10 Å². The Kier molecular flexibility index (Phi) is 7.76. The van der Waals surface area contributed by atoms with Gasteiger partial charge in [0, 0.05) is 32.5 Å². The minimum Gasteiger partial charge on any atom is -0.357 e. The number of hydrogen-bond acceptors (Lipinski definition) is 2. The van der Waals surface area contributed by atoms with Crippen molar-refractivity contribution in [1.29, 1.82) is 0 Å². The maximum Gasteiger partial charge on any atom is 0.193 e. The molecule has 0 aliphatic carbocycles. The monoisotopic (exact) mass is 339 g/mol. The van der Waals surface area contributed by atoms with Gasteiger partial charge in [0.15, 0.2) is 5.96 Å². The summed E-state index contributed by atoms with van der Waals surface area (Å²) >= 11 is 0. The summed E-state index contributed by atoms with van der Waals surface area (Å²) in [6, 6.07) is 10.4. The number of benzene rings is 1. The number of nitrogens with zero attached hydrogens (tertiary/aromatic N) is 4. The van der Waals surface area contributed by atoms with Crippen molar-refractivity contribution in [1.82, 2.24) is 20.0 Å². The van der Waals surface area contributed by atoms with Crippen molar-refractivity contribution in [2.24, 2.45) is 4.99 Å². The topological polar surface area (TPSA) is 45.5 Å². The Morgan fingerprint density at radius 1 is 1.32 bits per heavy atom. The Hall–Kier alpha value is -2.56.